The number of benzene rings is 2. The molecule has 0 aliphatic carbocycles. The molecule has 0 aliphatic rings. The normalized spacial score (nSPS) is 11.1. The van der Waals surface area contributed by atoms with Crippen molar-refractivity contribution in [2.45, 2.75) is 0 Å². The number of nitrogens with zero attached hydrogens (tertiary/aromatic N) is 3. The van der Waals surface area contributed by atoms with E-state index in [0.29, 0.717) is 5.69 Å². The van der Waals surface area contributed by atoms with E-state index in [9.17, 15) is 0 Å². The molecule has 0 radical (unpaired) electrons. The standard InChI is InChI=1S/C15H12BrN5/c16-12-3-1-2-11(8-12)15-9-14(19-20-15)10-4-6-13(7-5-10)18-21-17/h1-9H,(H2,17,18)(H,19,20). The van der Waals surface area contributed by atoms with E-state index in [1.165, 1.54) is 0 Å². The van der Waals surface area contributed by atoms with Crippen molar-refractivity contribution < 1.29 is 0 Å². The summed E-state index contributed by atoms with van der Waals surface area (Å²) in [7, 11) is 0. The second-order valence-electron chi connectivity index (χ2n) is 4.44. The monoisotopic (exact) mass is 341 g/mol. The number of H-pyrrole nitrogens is 1. The molecule has 0 atom stereocenters. The number of halogens is 1. The van der Waals surface area contributed by atoms with Gasteiger partial charge >= 0.3 is 0 Å². The first-order valence-electron chi connectivity index (χ1n) is 6.29. The van der Waals surface area contributed by atoms with Crippen LogP contribution in [0.25, 0.3) is 22.5 Å². The molecule has 3 N–H and O–H groups in total. The maximum absolute atomic E-state index is 5.03. The van der Waals surface area contributed by atoms with Gasteiger partial charge in [-0.05, 0) is 30.3 Å². The first-order valence-corrected chi connectivity index (χ1v) is 7.08. The maximum Gasteiger partial charge on any atom is 0.0927 e. The van der Waals surface area contributed by atoms with Crippen molar-refractivity contribution in [1.29, 1.82) is 0 Å². The van der Waals surface area contributed by atoms with Gasteiger partial charge in [-0.25, -0.2) is 0 Å². The SMILES string of the molecule is NN=Nc1ccc(-c2cc(-c3cccc(Br)c3)[nH]n2)cc1. The lowest BCUT2D eigenvalue weighted by Crippen LogP contribution is -1.78. The largest absolute Gasteiger partial charge is 0.305 e. The fraction of sp³-hybridized carbons (Fsp3) is 0. The summed E-state index contributed by atoms with van der Waals surface area (Å²) in [4.78, 5) is 0. The third-order valence-electron chi connectivity index (χ3n) is 3.05. The van der Waals surface area contributed by atoms with Crippen LogP contribution in [0.4, 0.5) is 5.69 Å². The molecular weight excluding hydrogens is 330 g/mol. The number of nitrogens with one attached hydrogen (secondary N) is 1. The Hall–Kier alpha value is -2.47. The highest BCUT2D eigenvalue weighted by Gasteiger charge is 2.06. The highest BCUT2D eigenvalue weighted by Crippen LogP contribution is 2.26. The van der Waals surface area contributed by atoms with Crippen molar-refractivity contribution in [3.63, 3.8) is 0 Å². The van der Waals surface area contributed by atoms with Gasteiger partial charge in [0, 0.05) is 15.6 Å². The van der Waals surface area contributed by atoms with E-state index >= 15 is 0 Å². The van der Waals surface area contributed by atoms with Crippen molar-refractivity contribution in [3.8, 4) is 22.5 Å². The van der Waals surface area contributed by atoms with Gasteiger partial charge in [-0.3, -0.25) is 5.10 Å². The van der Waals surface area contributed by atoms with Crippen LogP contribution in [0.3, 0.4) is 0 Å². The summed E-state index contributed by atoms with van der Waals surface area (Å²) in [5.41, 5.74) is 4.64. The molecule has 0 spiro atoms. The van der Waals surface area contributed by atoms with Crippen LogP contribution in [0.15, 0.2) is 69.4 Å². The molecule has 0 saturated carbocycles. The Morgan fingerprint density at radius 3 is 2.52 bits per heavy atom. The molecule has 3 rings (SSSR count). The van der Waals surface area contributed by atoms with E-state index in [2.05, 4.69) is 36.5 Å². The molecule has 0 saturated heterocycles. The topological polar surface area (TPSA) is 79.4 Å². The van der Waals surface area contributed by atoms with E-state index < -0.39 is 0 Å². The molecule has 0 aliphatic heterocycles. The number of hydrogen-bond donors (Lipinski definition) is 2. The van der Waals surface area contributed by atoms with Crippen LogP contribution >= 0.6 is 15.9 Å². The minimum absolute atomic E-state index is 0.712. The fourth-order valence-corrected chi connectivity index (χ4v) is 2.44. The smallest absolute Gasteiger partial charge is 0.0927 e. The lowest BCUT2D eigenvalue weighted by Gasteiger charge is -1.97. The fourth-order valence-electron chi connectivity index (χ4n) is 2.04. The predicted molar refractivity (Wildman–Crippen MR) is 85.9 cm³/mol. The van der Waals surface area contributed by atoms with E-state index in [-0.39, 0.29) is 0 Å². The molecule has 0 unspecified atom stereocenters. The highest BCUT2D eigenvalue weighted by atomic mass is 79.9. The van der Waals surface area contributed by atoms with Gasteiger partial charge < -0.3 is 5.84 Å². The molecule has 21 heavy (non-hydrogen) atoms. The van der Waals surface area contributed by atoms with Crippen LogP contribution in [0.1, 0.15) is 0 Å². The lowest BCUT2D eigenvalue weighted by molar-refractivity contribution is 1.06. The van der Waals surface area contributed by atoms with Crippen LogP contribution in [0, 0.1) is 0 Å². The lowest BCUT2D eigenvalue weighted by atomic mass is 10.1. The summed E-state index contributed by atoms with van der Waals surface area (Å²) < 4.78 is 1.03. The van der Waals surface area contributed by atoms with Gasteiger partial charge in [0.15, 0.2) is 0 Å². The van der Waals surface area contributed by atoms with Gasteiger partial charge in [0.25, 0.3) is 0 Å². The van der Waals surface area contributed by atoms with Gasteiger partial charge in [-0.1, -0.05) is 45.4 Å². The summed E-state index contributed by atoms with van der Waals surface area (Å²) in [5.74, 6) is 5.03. The Morgan fingerprint density at radius 1 is 1.00 bits per heavy atom. The number of rotatable bonds is 3. The second-order valence-corrected chi connectivity index (χ2v) is 5.36. The average molecular weight is 342 g/mol. The Balaban J connectivity index is 1.91. The summed E-state index contributed by atoms with van der Waals surface area (Å²) in [6.07, 6.45) is 0. The van der Waals surface area contributed by atoms with E-state index in [1.807, 2.05) is 54.6 Å². The quantitative estimate of drug-likeness (QED) is 0.419. The Bertz CT molecular complexity index is 777. The number of hydrogen-bond acceptors (Lipinski definition) is 3. The Labute approximate surface area is 130 Å². The highest BCUT2D eigenvalue weighted by molar-refractivity contribution is 9.10. The summed E-state index contributed by atoms with van der Waals surface area (Å²) in [6.45, 7) is 0. The van der Waals surface area contributed by atoms with Crippen molar-refractivity contribution in [2.24, 2.45) is 16.2 Å². The predicted octanol–water partition coefficient (Wildman–Crippen LogP) is 4.46. The Kier molecular flexibility index (Phi) is 3.79. The first-order chi connectivity index (χ1) is 10.3. The number of aromatic amines is 1. The maximum atomic E-state index is 5.03. The Morgan fingerprint density at radius 2 is 1.81 bits per heavy atom. The summed E-state index contributed by atoms with van der Waals surface area (Å²) >= 11 is 3.47. The van der Waals surface area contributed by atoms with Crippen LogP contribution in [0.5, 0.6) is 0 Å². The van der Waals surface area contributed by atoms with E-state index in [1.54, 1.807) is 0 Å². The van der Waals surface area contributed by atoms with Gasteiger partial charge in [0.05, 0.1) is 17.1 Å². The van der Waals surface area contributed by atoms with Gasteiger partial charge in [0.2, 0.25) is 0 Å². The molecule has 1 heterocycles. The van der Waals surface area contributed by atoms with Gasteiger partial charge in [-0.2, -0.15) is 5.10 Å². The summed E-state index contributed by atoms with van der Waals surface area (Å²) in [5, 5.41) is 14.4. The van der Waals surface area contributed by atoms with Crippen molar-refractivity contribution >= 4 is 21.6 Å². The van der Waals surface area contributed by atoms with Crippen molar-refractivity contribution in [2.75, 3.05) is 0 Å². The van der Waals surface area contributed by atoms with Crippen LogP contribution < -0.4 is 5.84 Å². The molecule has 0 fully saturated rings. The average Bonchev–Trinajstić information content (AvgIpc) is 2.98. The number of aromatic nitrogens is 2. The van der Waals surface area contributed by atoms with Crippen LogP contribution in [0.2, 0.25) is 0 Å². The van der Waals surface area contributed by atoms with Crippen LogP contribution in [-0.4, -0.2) is 10.2 Å². The molecule has 0 bridgehead atoms. The number of nitrogens with two attached hydrogens (primary N) is 1. The second kappa shape index (κ2) is 5.88. The molecule has 6 heteroatoms. The van der Waals surface area contributed by atoms with Crippen LogP contribution in [-0.2, 0) is 0 Å². The molecule has 0 amide bonds. The minimum Gasteiger partial charge on any atom is -0.305 e. The van der Waals surface area contributed by atoms with E-state index in [0.717, 1.165) is 27.0 Å². The van der Waals surface area contributed by atoms with Gasteiger partial charge in [-0.15, -0.1) is 5.11 Å². The molecular formula is C15H12BrN5. The molecule has 3 aromatic rings. The molecule has 104 valence electrons. The third kappa shape index (κ3) is 3.00. The van der Waals surface area contributed by atoms with Crippen molar-refractivity contribution in [1.82, 2.24) is 10.2 Å². The summed E-state index contributed by atoms with van der Waals surface area (Å²) in [6, 6.07) is 17.6. The molecule has 2 aromatic carbocycles. The zero-order chi connectivity index (χ0) is 14.7. The zero-order valence-electron chi connectivity index (χ0n) is 11.0. The first kappa shape index (κ1) is 13.5. The molecule has 5 nitrogen and oxygen atoms in total. The zero-order valence-corrected chi connectivity index (χ0v) is 12.6. The van der Waals surface area contributed by atoms with Crippen molar-refractivity contribution in [3.05, 3.63) is 59.1 Å². The minimum atomic E-state index is 0.712. The third-order valence-corrected chi connectivity index (χ3v) is 3.54. The van der Waals surface area contributed by atoms with E-state index in [4.69, 9.17) is 5.84 Å². The molecule has 1 aromatic heterocycles. The van der Waals surface area contributed by atoms with Gasteiger partial charge in [0.1, 0.15) is 0 Å².